The SMILES string of the molecule is CC(C)N1CCC(c2cc3[nH]c(C(=O)c4cnn(-c5ccc(Oc6cccc(F)c6F)cc5)c4N)cc3cc2F)CC1. The Morgan fingerprint density at radius 3 is 2.48 bits per heavy atom. The van der Waals surface area contributed by atoms with Crippen LogP contribution in [0.1, 0.15) is 54.2 Å². The number of halogens is 3. The van der Waals surface area contributed by atoms with Gasteiger partial charge in [-0.1, -0.05) is 6.07 Å². The summed E-state index contributed by atoms with van der Waals surface area (Å²) in [7, 11) is 0. The van der Waals surface area contributed by atoms with Crippen molar-refractivity contribution in [2.45, 2.75) is 38.6 Å². The highest BCUT2D eigenvalue weighted by molar-refractivity contribution is 6.12. The van der Waals surface area contributed by atoms with Crippen LogP contribution in [0, 0.1) is 17.5 Å². The summed E-state index contributed by atoms with van der Waals surface area (Å²) in [6, 6.07) is 15.5. The minimum absolute atomic E-state index is 0.118. The average Bonchev–Trinajstić information content (AvgIpc) is 3.58. The fourth-order valence-electron chi connectivity index (χ4n) is 5.56. The maximum atomic E-state index is 15.1. The van der Waals surface area contributed by atoms with Gasteiger partial charge in [0, 0.05) is 16.9 Å². The number of anilines is 1. The van der Waals surface area contributed by atoms with E-state index in [1.54, 1.807) is 30.3 Å². The number of ketones is 1. The first-order valence-corrected chi connectivity index (χ1v) is 13.9. The molecule has 216 valence electrons. The smallest absolute Gasteiger partial charge is 0.214 e. The molecule has 1 aliphatic heterocycles. The van der Waals surface area contributed by atoms with Crippen molar-refractivity contribution in [3.05, 3.63) is 101 Å². The van der Waals surface area contributed by atoms with Crippen LogP contribution < -0.4 is 10.5 Å². The zero-order valence-electron chi connectivity index (χ0n) is 23.2. The summed E-state index contributed by atoms with van der Waals surface area (Å²) in [5.41, 5.74) is 8.69. The zero-order valence-corrected chi connectivity index (χ0v) is 23.2. The summed E-state index contributed by atoms with van der Waals surface area (Å²) in [5.74, 6) is -2.43. The zero-order chi connectivity index (χ0) is 29.5. The van der Waals surface area contributed by atoms with Crippen LogP contribution in [0.5, 0.6) is 11.5 Å². The molecule has 42 heavy (non-hydrogen) atoms. The van der Waals surface area contributed by atoms with Gasteiger partial charge >= 0.3 is 0 Å². The third-order valence-electron chi connectivity index (χ3n) is 7.96. The topological polar surface area (TPSA) is 89.2 Å². The number of benzene rings is 3. The second-order valence-corrected chi connectivity index (χ2v) is 10.9. The van der Waals surface area contributed by atoms with E-state index >= 15 is 4.39 Å². The summed E-state index contributed by atoms with van der Waals surface area (Å²) in [4.78, 5) is 19.0. The molecule has 0 unspecified atom stereocenters. The van der Waals surface area contributed by atoms with Gasteiger partial charge < -0.3 is 20.4 Å². The number of likely N-dealkylation sites (tertiary alicyclic amines) is 1. The Morgan fingerprint density at radius 1 is 1.02 bits per heavy atom. The highest BCUT2D eigenvalue weighted by Gasteiger charge is 2.26. The quantitative estimate of drug-likeness (QED) is 0.206. The third-order valence-corrected chi connectivity index (χ3v) is 7.96. The van der Waals surface area contributed by atoms with E-state index in [4.69, 9.17) is 10.5 Å². The van der Waals surface area contributed by atoms with Crippen molar-refractivity contribution < 1.29 is 22.7 Å². The summed E-state index contributed by atoms with van der Waals surface area (Å²) in [5, 5.41) is 4.88. The number of aromatic amines is 1. The number of carbonyl (C=O) groups excluding carboxylic acids is 1. The van der Waals surface area contributed by atoms with Gasteiger partial charge in [0.1, 0.15) is 17.4 Å². The number of fused-ring (bicyclic) bond motifs is 1. The van der Waals surface area contributed by atoms with Crippen molar-refractivity contribution in [2.24, 2.45) is 0 Å². The molecule has 0 saturated carbocycles. The molecule has 3 aromatic carbocycles. The van der Waals surface area contributed by atoms with Gasteiger partial charge in [-0.2, -0.15) is 9.49 Å². The molecule has 5 aromatic rings. The van der Waals surface area contributed by atoms with Gasteiger partial charge in [0.2, 0.25) is 11.6 Å². The molecule has 3 heterocycles. The molecule has 1 aliphatic rings. The average molecular weight is 574 g/mol. The van der Waals surface area contributed by atoms with Gasteiger partial charge in [0.25, 0.3) is 0 Å². The van der Waals surface area contributed by atoms with Crippen molar-refractivity contribution in [1.82, 2.24) is 19.7 Å². The summed E-state index contributed by atoms with van der Waals surface area (Å²) >= 11 is 0. The number of H-pyrrole nitrogens is 1. The molecular formula is C32H30F3N5O2. The Labute approximate surface area is 240 Å². The van der Waals surface area contributed by atoms with Gasteiger partial charge in [-0.25, -0.2) is 13.5 Å². The number of hydrogen-bond donors (Lipinski definition) is 2. The minimum atomic E-state index is -1.08. The molecule has 0 radical (unpaired) electrons. The summed E-state index contributed by atoms with van der Waals surface area (Å²) in [6.07, 6.45) is 3.15. The lowest BCUT2D eigenvalue weighted by atomic mass is 9.88. The standard InChI is InChI=1S/C32H30F3N5O2/c1-18(2)39-12-10-19(11-13-39)23-16-27-20(14-26(23)34)15-28(38-27)31(41)24-17-37-40(32(24)36)21-6-8-22(9-7-21)42-29-5-3-4-25(33)30(29)35/h3-9,14-19,38H,10-13,36H2,1-2H3. The van der Waals surface area contributed by atoms with Crippen LogP contribution in [0.3, 0.4) is 0 Å². The van der Waals surface area contributed by atoms with Gasteiger partial charge in [-0.3, -0.25) is 4.79 Å². The number of rotatable bonds is 7. The van der Waals surface area contributed by atoms with Crippen molar-refractivity contribution in [1.29, 1.82) is 0 Å². The number of nitrogens with one attached hydrogen (secondary N) is 1. The Morgan fingerprint density at radius 2 is 1.76 bits per heavy atom. The Hall–Kier alpha value is -4.57. The van der Waals surface area contributed by atoms with Crippen molar-refractivity contribution in [2.75, 3.05) is 18.8 Å². The summed E-state index contributed by atoms with van der Waals surface area (Å²) < 4.78 is 49.4. The highest BCUT2D eigenvalue weighted by atomic mass is 19.2. The molecule has 3 N–H and O–H groups in total. The normalized spacial score (nSPS) is 14.6. The first-order valence-electron chi connectivity index (χ1n) is 13.9. The van der Waals surface area contributed by atoms with Crippen LogP contribution in [0.25, 0.3) is 16.6 Å². The number of nitrogens with zero attached hydrogens (tertiary/aromatic N) is 3. The van der Waals surface area contributed by atoms with Crippen LogP contribution in [0.15, 0.2) is 66.9 Å². The van der Waals surface area contributed by atoms with Crippen molar-refractivity contribution >= 4 is 22.5 Å². The van der Waals surface area contributed by atoms with Crippen LogP contribution >= 0.6 is 0 Å². The number of piperidine rings is 1. The van der Waals surface area contributed by atoms with E-state index in [1.165, 1.54) is 29.1 Å². The van der Waals surface area contributed by atoms with E-state index in [-0.39, 0.29) is 46.1 Å². The Bertz CT molecular complexity index is 1770. The van der Waals surface area contributed by atoms with E-state index in [9.17, 15) is 13.6 Å². The predicted molar refractivity (Wildman–Crippen MR) is 155 cm³/mol. The molecule has 0 aliphatic carbocycles. The maximum absolute atomic E-state index is 15.1. The Kier molecular flexibility index (Phi) is 7.24. The Balaban J connectivity index is 1.21. The minimum Gasteiger partial charge on any atom is -0.454 e. The molecule has 10 heteroatoms. The first kappa shape index (κ1) is 27.6. The fourth-order valence-corrected chi connectivity index (χ4v) is 5.56. The number of hydrogen-bond acceptors (Lipinski definition) is 5. The van der Waals surface area contributed by atoms with Gasteiger partial charge in [0.05, 0.1) is 23.1 Å². The second-order valence-electron chi connectivity index (χ2n) is 10.9. The van der Waals surface area contributed by atoms with E-state index in [0.717, 1.165) is 32.0 Å². The monoisotopic (exact) mass is 573 g/mol. The molecule has 0 amide bonds. The van der Waals surface area contributed by atoms with Crippen LogP contribution in [0.2, 0.25) is 0 Å². The van der Waals surface area contributed by atoms with E-state index in [0.29, 0.717) is 28.2 Å². The lowest BCUT2D eigenvalue weighted by molar-refractivity contribution is 0.103. The van der Waals surface area contributed by atoms with Crippen molar-refractivity contribution in [3.8, 4) is 17.2 Å². The molecule has 0 spiro atoms. The first-order chi connectivity index (χ1) is 20.2. The van der Waals surface area contributed by atoms with E-state index in [1.807, 2.05) is 6.07 Å². The number of nitrogens with two attached hydrogens (primary N) is 1. The molecule has 2 aromatic heterocycles. The van der Waals surface area contributed by atoms with E-state index < -0.39 is 11.6 Å². The highest BCUT2D eigenvalue weighted by Crippen LogP contribution is 2.34. The largest absolute Gasteiger partial charge is 0.454 e. The molecule has 1 fully saturated rings. The molecule has 0 bridgehead atoms. The second kappa shape index (κ2) is 11.0. The third kappa shape index (κ3) is 5.14. The van der Waals surface area contributed by atoms with Crippen LogP contribution in [-0.4, -0.2) is 44.6 Å². The number of carbonyl (C=O) groups is 1. The van der Waals surface area contributed by atoms with Crippen molar-refractivity contribution in [3.63, 3.8) is 0 Å². The predicted octanol–water partition coefficient (Wildman–Crippen LogP) is 6.96. The fraction of sp³-hybridized carbons (Fsp3) is 0.250. The maximum Gasteiger partial charge on any atom is 0.214 e. The lowest BCUT2D eigenvalue weighted by Gasteiger charge is -2.34. The van der Waals surface area contributed by atoms with Crippen LogP contribution in [0.4, 0.5) is 19.0 Å². The molecule has 0 atom stereocenters. The molecular weight excluding hydrogens is 543 g/mol. The molecule has 6 rings (SSSR count). The number of nitrogen functional groups attached to an aromatic ring is 1. The molecule has 7 nitrogen and oxygen atoms in total. The van der Waals surface area contributed by atoms with Gasteiger partial charge in [-0.05, 0) is 106 Å². The van der Waals surface area contributed by atoms with Crippen LogP contribution in [-0.2, 0) is 0 Å². The van der Waals surface area contributed by atoms with Gasteiger partial charge in [0.15, 0.2) is 11.6 Å². The number of aromatic nitrogens is 3. The van der Waals surface area contributed by atoms with E-state index in [2.05, 4.69) is 28.8 Å². The lowest BCUT2D eigenvalue weighted by Crippen LogP contribution is -2.38. The van der Waals surface area contributed by atoms with Gasteiger partial charge in [-0.15, -0.1) is 0 Å². The molecule has 1 saturated heterocycles. The number of ether oxygens (including phenoxy) is 1. The summed E-state index contributed by atoms with van der Waals surface area (Å²) in [6.45, 7) is 6.20.